The van der Waals surface area contributed by atoms with Gasteiger partial charge in [0, 0.05) is 17.6 Å². The van der Waals surface area contributed by atoms with Crippen LogP contribution in [0.5, 0.6) is 0 Å². The smallest absolute Gasteiger partial charge is 0.338 e. The molecular formula is C15H12N2O4S. The summed E-state index contributed by atoms with van der Waals surface area (Å²) in [6.07, 6.45) is 1.65. The van der Waals surface area contributed by atoms with Crippen LogP contribution in [-0.4, -0.2) is 20.5 Å². The molecule has 1 N–H and O–H groups in total. The molecule has 0 aliphatic heterocycles. The highest BCUT2D eigenvalue weighted by molar-refractivity contribution is 7.15. The topological polar surface area (TPSA) is 80.9 Å². The van der Waals surface area contributed by atoms with Gasteiger partial charge in [0.1, 0.15) is 6.61 Å². The van der Waals surface area contributed by atoms with E-state index in [1.54, 1.807) is 35.8 Å². The van der Waals surface area contributed by atoms with E-state index < -0.39 is 5.97 Å². The molecule has 6 nitrogen and oxygen atoms in total. The Balaban J connectivity index is 1.72. The number of thiazole rings is 1. The molecule has 0 saturated heterocycles. The fourth-order valence-electron chi connectivity index (χ4n) is 1.93. The summed E-state index contributed by atoms with van der Waals surface area (Å²) < 4.78 is 6.59. The second-order valence-electron chi connectivity index (χ2n) is 4.57. The Kier molecular flexibility index (Phi) is 3.99. The molecule has 0 aliphatic carbocycles. The van der Waals surface area contributed by atoms with Crippen LogP contribution in [0, 0.1) is 0 Å². The van der Waals surface area contributed by atoms with Crippen LogP contribution in [0.2, 0.25) is 0 Å². The van der Waals surface area contributed by atoms with E-state index in [0.29, 0.717) is 16.2 Å². The van der Waals surface area contributed by atoms with Crippen molar-refractivity contribution in [1.82, 2.24) is 9.38 Å². The lowest BCUT2D eigenvalue weighted by atomic mass is 10.1. The highest BCUT2D eigenvalue weighted by Crippen LogP contribution is 2.09. The zero-order valence-electron chi connectivity index (χ0n) is 11.4. The summed E-state index contributed by atoms with van der Waals surface area (Å²) in [5.74, 6) is -0.502. The third-order valence-electron chi connectivity index (χ3n) is 3.08. The summed E-state index contributed by atoms with van der Waals surface area (Å²) in [6, 6.07) is 7.82. The lowest BCUT2D eigenvalue weighted by Gasteiger charge is -2.05. The summed E-state index contributed by atoms with van der Waals surface area (Å²) in [6.45, 7) is -0.145. The Morgan fingerprint density at radius 1 is 1.32 bits per heavy atom. The van der Waals surface area contributed by atoms with Crippen LogP contribution in [0.3, 0.4) is 0 Å². The van der Waals surface area contributed by atoms with E-state index >= 15 is 0 Å². The number of aliphatic hydroxyl groups excluding tert-OH is 1. The molecule has 0 radical (unpaired) electrons. The van der Waals surface area contributed by atoms with Gasteiger partial charge in [-0.15, -0.1) is 11.3 Å². The average Bonchev–Trinajstić information content (AvgIpc) is 3.02. The van der Waals surface area contributed by atoms with Gasteiger partial charge >= 0.3 is 5.97 Å². The monoisotopic (exact) mass is 316 g/mol. The number of fused-ring (bicyclic) bond motifs is 1. The number of carbonyl (C=O) groups excluding carboxylic acids is 1. The summed E-state index contributed by atoms with van der Waals surface area (Å²) in [4.78, 5) is 28.6. The third-order valence-corrected chi connectivity index (χ3v) is 3.84. The van der Waals surface area contributed by atoms with Crippen LogP contribution >= 0.6 is 11.3 Å². The van der Waals surface area contributed by atoms with Crippen molar-refractivity contribution in [3.05, 3.63) is 69.1 Å². The molecule has 0 aliphatic rings. The number of rotatable bonds is 4. The highest BCUT2D eigenvalue weighted by atomic mass is 32.1. The summed E-state index contributed by atoms with van der Waals surface area (Å²) in [5, 5.41) is 10.7. The predicted octanol–water partition coefficient (Wildman–Crippen LogP) is 1.61. The molecule has 3 rings (SSSR count). The quantitative estimate of drug-likeness (QED) is 0.740. The van der Waals surface area contributed by atoms with Crippen LogP contribution < -0.4 is 5.56 Å². The number of esters is 1. The van der Waals surface area contributed by atoms with Crippen molar-refractivity contribution in [2.45, 2.75) is 13.2 Å². The molecule has 3 aromatic rings. The lowest BCUT2D eigenvalue weighted by Crippen LogP contribution is -2.14. The van der Waals surface area contributed by atoms with E-state index in [9.17, 15) is 9.59 Å². The molecule has 0 amide bonds. The van der Waals surface area contributed by atoms with Crippen molar-refractivity contribution >= 4 is 22.3 Å². The predicted molar refractivity (Wildman–Crippen MR) is 80.8 cm³/mol. The Morgan fingerprint density at radius 2 is 2.09 bits per heavy atom. The van der Waals surface area contributed by atoms with Crippen molar-refractivity contribution in [2.24, 2.45) is 0 Å². The molecule has 2 heterocycles. The standard InChI is InChI=1S/C15H12N2O4S/c18-8-10-1-3-11(4-2-10)14(20)21-9-12-7-13(19)17-5-6-22-15(17)16-12/h1-7,18H,8-9H2. The Hall–Kier alpha value is -2.51. The average molecular weight is 316 g/mol. The normalized spacial score (nSPS) is 10.8. The van der Waals surface area contributed by atoms with E-state index in [1.807, 2.05) is 0 Å². The van der Waals surface area contributed by atoms with Crippen LogP contribution in [0.1, 0.15) is 21.6 Å². The molecule has 1 aromatic carbocycles. The third kappa shape index (κ3) is 2.90. The number of carbonyl (C=O) groups is 1. The molecule has 0 saturated carbocycles. The molecule has 112 valence electrons. The van der Waals surface area contributed by atoms with Gasteiger partial charge in [-0.2, -0.15) is 0 Å². The number of ether oxygens (including phenoxy) is 1. The maximum atomic E-state index is 11.9. The van der Waals surface area contributed by atoms with E-state index in [2.05, 4.69) is 4.98 Å². The van der Waals surface area contributed by atoms with Gasteiger partial charge in [-0.05, 0) is 17.7 Å². The van der Waals surface area contributed by atoms with Gasteiger partial charge in [-0.1, -0.05) is 12.1 Å². The van der Waals surface area contributed by atoms with Crippen molar-refractivity contribution in [3.8, 4) is 0 Å². The largest absolute Gasteiger partial charge is 0.456 e. The van der Waals surface area contributed by atoms with Crippen molar-refractivity contribution in [1.29, 1.82) is 0 Å². The zero-order chi connectivity index (χ0) is 15.5. The molecule has 7 heteroatoms. The fraction of sp³-hybridized carbons (Fsp3) is 0.133. The van der Waals surface area contributed by atoms with E-state index in [-0.39, 0.29) is 18.8 Å². The molecule has 22 heavy (non-hydrogen) atoms. The minimum absolute atomic E-state index is 0.0653. The van der Waals surface area contributed by atoms with Crippen molar-refractivity contribution < 1.29 is 14.6 Å². The second-order valence-corrected chi connectivity index (χ2v) is 5.45. The zero-order valence-corrected chi connectivity index (χ0v) is 12.2. The first-order valence-corrected chi connectivity index (χ1v) is 7.38. The first-order chi connectivity index (χ1) is 10.7. The van der Waals surface area contributed by atoms with Crippen molar-refractivity contribution in [3.63, 3.8) is 0 Å². The number of nitrogens with zero attached hydrogens (tertiary/aromatic N) is 2. The fourth-order valence-corrected chi connectivity index (χ4v) is 2.67. The van der Waals surface area contributed by atoms with Gasteiger partial charge in [0.05, 0.1) is 17.9 Å². The van der Waals surface area contributed by atoms with Crippen LogP contribution in [0.25, 0.3) is 4.96 Å². The van der Waals surface area contributed by atoms with Crippen LogP contribution in [-0.2, 0) is 18.0 Å². The number of hydrogen-bond donors (Lipinski definition) is 1. The number of aliphatic hydroxyl groups is 1. The van der Waals surface area contributed by atoms with Gasteiger partial charge in [0.2, 0.25) is 0 Å². The highest BCUT2D eigenvalue weighted by Gasteiger charge is 2.09. The summed E-state index contributed by atoms with van der Waals surface area (Å²) in [5.41, 5.74) is 1.30. The van der Waals surface area contributed by atoms with E-state index in [1.165, 1.54) is 21.8 Å². The summed E-state index contributed by atoms with van der Waals surface area (Å²) >= 11 is 1.34. The maximum Gasteiger partial charge on any atom is 0.338 e. The Bertz CT molecular complexity index is 867. The molecule has 0 atom stereocenters. The molecule has 0 unspecified atom stereocenters. The Morgan fingerprint density at radius 3 is 2.82 bits per heavy atom. The Labute approximate surface area is 129 Å². The summed E-state index contributed by atoms with van der Waals surface area (Å²) in [7, 11) is 0. The number of aromatic nitrogens is 2. The van der Waals surface area contributed by atoms with Gasteiger partial charge in [0.25, 0.3) is 5.56 Å². The molecule has 2 aromatic heterocycles. The molecule has 0 fully saturated rings. The minimum Gasteiger partial charge on any atom is -0.456 e. The van der Waals surface area contributed by atoms with Crippen molar-refractivity contribution in [2.75, 3.05) is 0 Å². The van der Waals surface area contributed by atoms with Crippen LogP contribution in [0.4, 0.5) is 0 Å². The maximum absolute atomic E-state index is 11.9. The van der Waals surface area contributed by atoms with Gasteiger partial charge in [-0.25, -0.2) is 9.78 Å². The van der Waals surface area contributed by atoms with Gasteiger partial charge in [0.15, 0.2) is 4.96 Å². The van der Waals surface area contributed by atoms with Crippen LogP contribution in [0.15, 0.2) is 46.7 Å². The molecule has 0 bridgehead atoms. The molecular weight excluding hydrogens is 304 g/mol. The lowest BCUT2D eigenvalue weighted by molar-refractivity contribution is 0.0467. The second kappa shape index (κ2) is 6.08. The molecule has 0 spiro atoms. The SMILES string of the molecule is O=C(OCc1cc(=O)n2ccsc2n1)c1ccc(CO)cc1. The van der Waals surface area contributed by atoms with E-state index in [4.69, 9.17) is 9.84 Å². The number of benzene rings is 1. The van der Waals surface area contributed by atoms with Gasteiger partial charge < -0.3 is 9.84 Å². The first kappa shape index (κ1) is 14.4. The number of hydrogen-bond acceptors (Lipinski definition) is 6. The first-order valence-electron chi connectivity index (χ1n) is 6.50. The van der Waals surface area contributed by atoms with E-state index in [0.717, 1.165) is 5.56 Å². The van der Waals surface area contributed by atoms with Gasteiger partial charge in [-0.3, -0.25) is 9.20 Å². The minimum atomic E-state index is -0.502.